The molecule has 12 heavy (non-hydrogen) atoms. The van der Waals surface area contributed by atoms with Gasteiger partial charge in [-0.05, 0) is 19.9 Å². The Bertz CT molecular complexity index is 253. The normalized spacial score (nSPS) is 13.8. The minimum Gasteiger partial charge on any atom is -0.302 e. The highest BCUT2D eigenvalue weighted by Crippen LogP contribution is 1.87. The van der Waals surface area contributed by atoms with Gasteiger partial charge in [0.15, 0.2) is 0 Å². The number of nitrogens with zero attached hydrogens (tertiary/aromatic N) is 1. The van der Waals surface area contributed by atoms with Crippen LogP contribution in [0.5, 0.6) is 0 Å². The van der Waals surface area contributed by atoms with Crippen LogP contribution >= 0.6 is 0 Å². The van der Waals surface area contributed by atoms with Crippen LogP contribution in [0.1, 0.15) is 13.3 Å². The summed E-state index contributed by atoms with van der Waals surface area (Å²) >= 11 is 0. The fraction of sp³-hybridized carbons (Fsp3) is 0.857. The summed E-state index contributed by atoms with van der Waals surface area (Å²) in [6.45, 7) is 2.31. The maximum atomic E-state index is 10.7. The van der Waals surface area contributed by atoms with Crippen molar-refractivity contribution in [1.82, 2.24) is 5.32 Å². The zero-order valence-corrected chi connectivity index (χ0v) is 8.19. The minimum absolute atomic E-state index is 0.179. The summed E-state index contributed by atoms with van der Waals surface area (Å²) in [6.07, 6.45) is 1.77. The van der Waals surface area contributed by atoms with Crippen molar-refractivity contribution in [3.63, 3.8) is 0 Å². The van der Waals surface area contributed by atoms with Crippen LogP contribution in [0, 0.1) is 11.3 Å². The quantitative estimate of drug-likeness (QED) is 0.616. The minimum atomic E-state index is -2.85. The molecule has 1 unspecified atom stereocenters. The molecule has 0 saturated heterocycles. The first-order valence-electron chi connectivity index (χ1n) is 3.76. The molecule has 0 saturated carbocycles. The summed E-state index contributed by atoms with van der Waals surface area (Å²) < 4.78 is 21.3. The second-order valence-electron chi connectivity index (χ2n) is 2.79. The number of nitrogens with one attached hydrogen (secondary N) is 1. The average Bonchev–Trinajstić information content (AvgIpc) is 1.96. The number of hydrogen-bond donors (Lipinski definition) is 1. The molecule has 1 N–H and O–H groups in total. The lowest BCUT2D eigenvalue weighted by molar-refractivity contribution is 0.589. The van der Waals surface area contributed by atoms with Crippen molar-refractivity contribution in [1.29, 1.82) is 5.26 Å². The maximum Gasteiger partial charge on any atom is 0.147 e. The zero-order valence-electron chi connectivity index (χ0n) is 7.37. The molecule has 0 radical (unpaired) electrons. The summed E-state index contributed by atoms with van der Waals surface area (Å²) in [5.41, 5.74) is 0. The van der Waals surface area contributed by atoms with Crippen LogP contribution in [0.2, 0.25) is 0 Å². The highest BCUT2D eigenvalue weighted by atomic mass is 32.2. The van der Waals surface area contributed by atoms with E-state index in [9.17, 15) is 8.42 Å². The van der Waals surface area contributed by atoms with Crippen molar-refractivity contribution < 1.29 is 8.42 Å². The van der Waals surface area contributed by atoms with Gasteiger partial charge in [-0.1, -0.05) is 0 Å². The van der Waals surface area contributed by atoms with Gasteiger partial charge in [-0.25, -0.2) is 8.42 Å². The van der Waals surface area contributed by atoms with Crippen LogP contribution in [-0.4, -0.2) is 33.0 Å². The predicted octanol–water partition coefficient (Wildman–Crippen LogP) is -0.0772. The van der Waals surface area contributed by atoms with Crippen molar-refractivity contribution in [3.05, 3.63) is 0 Å². The molecule has 0 aliphatic heterocycles. The smallest absolute Gasteiger partial charge is 0.147 e. The van der Waals surface area contributed by atoms with E-state index in [-0.39, 0.29) is 11.8 Å². The molecule has 0 fully saturated rings. The van der Waals surface area contributed by atoms with E-state index in [1.165, 1.54) is 6.26 Å². The van der Waals surface area contributed by atoms with E-state index in [2.05, 4.69) is 5.32 Å². The van der Waals surface area contributed by atoms with Crippen molar-refractivity contribution in [2.75, 3.05) is 18.6 Å². The highest BCUT2D eigenvalue weighted by Gasteiger charge is 2.02. The van der Waals surface area contributed by atoms with Crippen molar-refractivity contribution in [3.8, 4) is 6.07 Å². The summed E-state index contributed by atoms with van der Waals surface area (Å²) in [5.74, 6) is 0.179. The van der Waals surface area contributed by atoms with Gasteiger partial charge in [-0.3, -0.25) is 0 Å². The van der Waals surface area contributed by atoms with Gasteiger partial charge in [0.25, 0.3) is 0 Å². The Kier molecular flexibility index (Phi) is 4.86. The van der Waals surface area contributed by atoms with Gasteiger partial charge in [0, 0.05) is 6.26 Å². The van der Waals surface area contributed by atoms with E-state index in [1.54, 1.807) is 6.92 Å². The molecule has 0 aliphatic carbocycles. The third-order valence-corrected chi connectivity index (χ3v) is 2.37. The standard InChI is InChI=1S/C7H14N2O2S/c1-7(6-8)9-4-3-5-12(2,10)11/h7,9H,3-5H2,1-2H3. The topological polar surface area (TPSA) is 70.0 Å². The lowest BCUT2D eigenvalue weighted by atomic mass is 10.3. The highest BCUT2D eigenvalue weighted by molar-refractivity contribution is 7.90. The first-order chi connectivity index (χ1) is 5.45. The van der Waals surface area contributed by atoms with E-state index in [0.717, 1.165) is 0 Å². The average molecular weight is 190 g/mol. The molecule has 0 aliphatic rings. The van der Waals surface area contributed by atoms with Gasteiger partial charge >= 0.3 is 0 Å². The van der Waals surface area contributed by atoms with Gasteiger partial charge in [-0.15, -0.1) is 0 Å². The van der Waals surface area contributed by atoms with Gasteiger partial charge in [0.05, 0.1) is 17.9 Å². The molecule has 0 aromatic heterocycles. The molecule has 0 aromatic carbocycles. The Balaban J connectivity index is 3.42. The Labute approximate surface area is 73.5 Å². The second-order valence-corrected chi connectivity index (χ2v) is 5.05. The second kappa shape index (κ2) is 5.12. The van der Waals surface area contributed by atoms with Gasteiger partial charge in [0.2, 0.25) is 0 Å². The molecule has 0 bridgehead atoms. The van der Waals surface area contributed by atoms with Gasteiger partial charge in [0.1, 0.15) is 9.84 Å². The van der Waals surface area contributed by atoms with Crippen molar-refractivity contribution >= 4 is 9.84 Å². The zero-order chi connectivity index (χ0) is 9.61. The van der Waals surface area contributed by atoms with E-state index < -0.39 is 9.84 Å². The monoisotopic (exact) mass is 190 g/mol. The first kappa shape index (κ1) is 11.4. The van der Waals surface area contributed by atoms with Crippen LogP contribution in [0.15, 0.2) is 0 Å². The molecule has 0 rings (SSSR count). The first-order valence-corrected chi connectivity index (χ1v) is 5.82. The molecule has 70 valence electrons. The summed E-state index contributed by atoms with van der Waals surface area (Å²) in [4.78, 5) is 0. The van der Waals surface area contributed by atoms with Crippen molar-refractivity contribution in [2.45, 2.75) is 19.4 Å². The number of rotatable bonds is 5. The summed E-state index contributed by atoms with van der Waals surface area (Å²) in [7, 11) is -2.85. The largest absolute Gasteiger partial charge is 0.302 e. The Hall–Kier alpha value is -0.600. The lowest BCUT2D eigenvalue weighted by Gasteiger charge is -2.04. The molecule has 5 heteroatoms. The third-order valence-electron chi connectivity index (χ3n) is 1.34. The molecule has 0 amide bonds. The predicted molar refractivity (Wildman–Crippen MR) is 47.4 cm³/mol. The van der Waals surface area contributed by atoms with Gasteiger partial charge in [-0.2, -0.15) is 5.26 Å². The van der Waals surface area contributed by atoms with E-state index in [4.69, 9.17) is 5.26 Å². The number of nitriles is 1. The lowest BCUT2D eigenvalue weighted by Crippen LogP contribution is -2.26. The Morgan fingerprint density at radius 1 is 1.58 bits per heavy atom. The third kappa shape index (κ3) is 7.51. The van der Waals surface area contributed by atoms with E-state index >= 15 is 0 Å². The van der Waals surface area contributed by atoms with Crippen LogP contribution < -0.4 is 5.32 Å². The molecule has 0 aromatic rings. The number of hydrogen-bond acceptors (Lipinski definition) is 4. The van der Waals surface area contributed by atoms with E-state index in [1.807, 2.05) is 6.07 Å². The van der Waals surface area contributed by atoms with E-state index in [0.29, 0.717) is 13.0 Å². The van der Waals surface area contributed by atoms with Crippen LogP contribution in [0.3, 0.4) is 0 Å². The molecule has 4 nitrogen and oxygen atoms in total. The molecular formula is C7H14N2O2S. The fourth-order valence-electron chi connectivity index (χ4n) is 0.699. The van der Waals surface area contributed by atoms with Crippen LogP contribution in [0.4, 0.5) is 0 Å². The van der Waals surface area contributed by atoms with Gasteiger partial charge < -0.3 is 5.32 Å². The maximum absolute atomic E-state index is 10.7. The fourth-order valence-corrected chi connectivity index (χ4v) is 1.37. The molecule has 0 heterocycles. The molecular weight excluding hydrogens is 176 g/mol. The summed E-state index contributed by atoms with van der Waals surface area (Å²) in [6, 6.07) is 1.80. The Morgan fingerprint density at radius 2 is 2.17 bits per heavy atom. The molecule has 1 atom stereocenters. The number of sulfone groups is 1. The van der Waals surface area contributed by atoms with Crippen LogP contribution in [-0.2, 0) is 9.84 Å². The van der Waals surface area contributed by atoms with Crippen LogP contribution in [0.25, 0.3) is 0 Å². The van der Waals surface area contributed by atoms with Crippen molar-refractivity contribution in [2.24, 2.45) is 0 Å². The Morgan fingerprint density at radius 3 is 2.58 bits per heavy atom. The SMILES string of the molecule is CC(C#N)NCCCS(C)(=O)=O. The molecule has 0 spiro atoms. The summed E-state index contributed by atoms with van der Waals surface area (Å²) in [5, 5.41) is 11.2.